The maximum absolute atomic E-state index is 5.39. The fraction of sp³-hybridized carbons (Fsp3) is 0.294. The Morgan fingerprint density at radius 2 is 1.88 bits per heavy atom. The van der Waals surface area contributed by atoms with Gasteiger partial charge < -0.3 is 14.7 Å². The summed E-state index contributed by atoms with van der Waals surface area (Å²) >= 11 is 0. The number of benzene rings is 1. The van der Waals surface area contributed by atoms with Gasteiger partial charge in [0, 0.05) is 30.9 Å². The number of rotatable bonds is 4. The first kappa shape index (κ1) is 14.6. The molecule has 0 radical (unpaired) electrons. The summed E-state index contributed by atoms with van der Waals surface area (Å²) in [6.45, 7) is 1.76. The Labute approximate surface area is 139 Å². The van der Waals surface area contributed by atoms with Crippen LogP contribution < -0.4 is 10.2 Å². The molecule has 7 nitrogen and oxygen atoms in total. The highest BCUT2D eigenvalue weighted by atomic mass is 16.5. The van der Waals surface area contributed by atoms with Crippen LogP contribution in [-0.4, -0.2) is 39.5 Å². The molecule has 1 fully saturated rings. The van der Waals surface area contributed by atoms with E-state index in [1.807, 2.05) is 42.5 Å². The molecule has 0 aliphatic carbocycles. The number of nitrogens with zero attached hydrogens (tertiary/aromatic N) is 5. The maximum atomic E-state index is 5.39. The van der Waals surface area contributed by atoms with Crippen molar-refractivity contribution in [1.82, 2.24) is 20.3 Å². The molecule has 0 saturated carbocycles. The summed E-state index contributed by atoms with van der Waals surface area (Å²) in [6, 6.07) is 14.0. The van der Waals surface area contributed by atoms with Crippen LogP contribution in [0.4, 0.5) is 11.8 Å². The second-order valence-electron chi connectivity index (χ2n) is 5.78. The van der Waals surface area contributed by atoms with Crippen molar-refractivity contribution < 1.29 is 4.52 Å². The fourth-order valence-corrected chi connectivity index (χ4v) is 2.85. The molecule has 3 aromatic rings. The minimum Gasteiger partial charge on any atom is -0.366 e. The van der Waals surface area contributed by atoms with Crippen molar-refractivity contribution >= 4 is 11.8 Å². The van der Waals surface area contributed by atoms with Crippen molar-refractivity contribution in [2.45, 2.75) is 18.9 Å². The van der Waals surface area contributed by atoms with Crippen LogP contribution in [0.2, 0.25) is 0 Å². The van der Waals surface area contributed by atoms with Crippen molar-refractivity contribution in [2.24, 2.45) is 0 Å². The Bertz CT molecular complexity index is 768. The van der Waals surface area contributed by atoms with Gasteiger partial charge in [0.25, 0.3) is 11.8 Å². The summed E-state index contributed by atoms with van der Waals surface area (Å²) in [5.41, 5.74) is 0.940. The van der Waals surface area contributed by atoms with Crippen LogP contribution in [0.3, 0.4) is 0 Å². The molecular formula is C17H18N6O. The standard InChI is InChI=1S/C17H18N6O/c1-2-5-13(6-3-1)16-20-17(22-24-16)23-11-8-14(9-12-23)19-15-7-4-10-18-21-15/h1-7,10,14H,8-9,11-12H2,(H,19,21). The number of piperidine rings is 1. The van der Waals surface area contributed by atoms with Crippen molar-refractivity contribution in [3.63, 3.8) is 0 Å². The number of aromatic nitrogens is 4. The third kappa shape index (κ3) is 3.19. The zero-order chi connectivity index (χ0) is 16.2. The first-order valence-electron chi connectivity index (χ1n) is 8.07. The van der Waals surface area contributed by atoms with Crippen molar-refractivity contribution in [3.8, 4) is 11.5 Å². The smallest absolute Gasteiger partial charge is 0.266 e. The molecule has 0 amide bonds. The molecule has 0 atom stereocenters. The molecule has 1 aliphatic heterocycles. The molecule has 0 unspecified atom stereocenters. The third-order valence-corrected chi connectivity index (χ3v) is 4.14. The highest BCUT2D eigenvalue weighted by molar-refractivity contribution is 5.54. The largest absolute Gasteiger partial charge is 0.366 e. The van der Waals surface area contributed by atoms with Crippen LogP contribution in [0.1, 0.15) is 12.8 Å². The lowest BCUT2D eigenvalue weighted by Gasteiger charge is -2.31. The fourth-order valence-electron chi connectivity index (χ4n) is 2.85. The van der Waals surface area contributed by atoms with E-state index in [0.717, 1.165) is 37.3 Å². The van der Waals surface area contributed by atoms with Crippen molar-refractivity contribution in [1.29, 1.82) is 0 Å². The summed E-state index contributed by atoms with van der Waals surface area (Å²) in [7, 11) is 0. The molecule has 0 bridgehead atoms. The zero-order valence-electron chi connectivity index (χ0n) is 13.2. The van der Waals surface area contributed by atoms with Gasteiger partial charge in [-0.3, -0.25) is 0 Å². The van der Waals surface area contributed by atoms with Crippen LogP contribution in [0.25, 0.3) is 11.5 Å². The number of hydrogen-bond acceptors (Lipinski definition) is 7. The SMILES string of the molecule is c1ccc(-c2nc(N3CCC(Nc4cccnn4)CC3)no2)cc1. The van der Waals surface area contributed by atoms with E-state index >= 15 is 0 Å². The molecular weight excluding hydrogens is 304 g/mol. The Hall–Kier alpha value is -2.96. The monoisotopic (exact) mass is 322 g/mol. The molecule has 2 aromatic heterocycles. The van der Waals surface area contributed by atoms with Crippen LogP contribution >= 0.6 is 0 Å². The zero-order valence-corrected chi connectivity index (χ0v) is 13.2. The maximum Gasteiger partial charge on any atom is 0.266 e. The van der Waals surface area contributed by atoms with Gasteiger partial charge in [-0.15, -0.1) is 5.10 Å². The molecule has 24 heavy (non-hydrogen) atoms. The lowest BCUT2D eigenvalue weighted by Crippen LogP contribution is -2.39. The molecule has 0 spiro atoms. The van der Waals surface area contributed by atoms with Crippen molar-refractivity contribution in [3.05, 3.63) is 48.7 Å². The van der Waals surface area contributed by atoms with E-state index in [0.29, 0.717) is 17.9 Å². The van der Waals surface area contributed by atoms with Crippen LogP contribution in [0, 0.1) is 0 Å². The number of anilines is 2. The molecule has 1 N–H and O–H groups in total. The van der Waals surface area contributed by atoms with Crippen LogP contribution in [0.5, 0.6) is 0 Å². The summed E-state index contributed by atoms with van der Waals surface area (Å²) in [4.78, 5) is 6.68. The predicted molar refractivity (Wildman–Crippen MR) is 90.6 cm³/mol. The lowest BCUT2D eigenvalue weighted by molar-refractivity contribution is 0.424. The summed E-state index contributed by atoms with van der Waals surface area (Å²) in [6.07, 6.45) is 3.66. The quantitative estimate of drug-likeness (QED) is 0.790. The van der Waals surface area contributed by atoms with E-state index in [4.69, 9.17) is 4.52 Å². The second kappa shape index (κ2) is 6.66. The van der Waals surface area contributed by atoms with Gasteiger partial charge in [0.05, 0.1) is 0 Å². The first-order valence-corrected chi connectivity index (χ1v) is 8.07. The third-order valence-electron chi connectivity index (χ3n) is 4.14. The minimum absolute atomic E-state index is 0.387. The van der Waals surface area contributed by atoms with Crippen LogP contribution in [0.15, 0.2) is 53.2 Å². The number of nitrogens with one attached hydrogen (secondary N) is 1. The Balaban J connectivity index is 1.37. The Kier molecular flexibility index (Phi) is 4.05. The molecule has 4 rings (SSSR count). The molecule has 1 saturated heterocycles. The lowest BCUT2D eigenvalue weighted by atomic mass is 10.1. The Morgan fingerprint density at radius 3 is 2.62 bits per heavy atom. The highest BCUT2D eigenvalue weighted by Gasteiger charge is 2.23. The summed E-state index contributed by atoms with van der Waals surface area (Å²) in [5.74, 6) is 2.04. The predicted octanol–water partition coefficient (Wildman–Crippen LogP) is 2.61. The van der Waals surface area contributed by atoms with Gasteiger partial charge in [0.1, 0.15) is 5.82 Å². The van der Waals surface area contributed by atoms with Crippen LogP contribution in [-0.2, 0) is 0 Å². The van der Waals surface area contributed by atoms with Gasteiger partial charge in [-0.25, -0.2) is 0 Å². The van der Waals surface area contributed by atoms with Gasteiger partial charge in [-0.1, -0.05) is 18.2 Å². The van der Waals surface area contributed by atoms with Gasteiger partial charge in [0.15, 0.2) is 0 Å². The average Bonchev–Trinajstić information content (AvgIpc) is 3.14. The minimum atomic E-state index is 0.387. The van der Waals surface area contributed by atoms with E-state index in [2.05, 4.69) is 30.6 Å². The molecule has 1 aliphatic rings. The van der Waals surface area contributed by atoms with E-state index in [1.165, 1.54) is 0 Å². The summed E-state index contributed by atoms with van der Waals surface area (Å²) in [5, 5.41) is 15.5. The van der Waals surface area contributed by atoms with Gasteiger partial charge in [0.2, 0.25) is 0 Å². The van der Waals surface area contributed by atoms with Crippen molar-refractivity contribution in [2.75, 3.05) is 23.3 Å². The average molecular weight is 322 g/mol. The normalized spacial score (nSPS) is 15.4. The molecule has 1 aromatic carbocycles. The van der Waals surface area contributed by atoms with E-state index < -0.39 is 0 Å². The van der Waals surface area contributed by atoms with E-state index in [-0.39, 0.29) is 0 Å². The van der Waals surface area contributed by atoms with E-state index in [9.17, 15) is 0 Å². The first-order chi connectivity index (χ1) is 11.9. The molecule has 3 heterocycles. The molecule has 122 valence electrons. The van der Waals surface area contributed by atoms with Gasteiger partial charge in [-0.2, -0.15) is 10.1 Å². The topological polar surface area (TPSA) is 80.0 Å². The summed E-state index contributed by atoms with van der Waals surface area (Å²) < 4.78 is 5.39. The second-order valence-corrected chi connectivity index (χ2v) is 5.78. The van der Waals surface area contributed by atoms with Gasteiger partial charge in [-0.05, 0) is 42.3 Å². The molecule has 7 heteroatoms. The van der Waals surface area contributed by atoms with Gasteiger partial charge >= 0.3 is 0 Å². The highest BCUT2D eigenvalue weighted by Crippen LogP contribution is 2.23. The number of hydrogen-bond donors (Lipinski definition) is 1. The van der Waals surface area contributed by atoms with E-state index in [1.54, 1.807) is 6.20 Å². The Morgan fingerprint density at radius 1 is 1.04 bits per heavy atom.